The minimum Gasteiger partial charge on any atom is -0.478 e. The summed E-state index contributed by atoms with van der Waals surface area (Å²) in [7, 11) is 0. The first-order chi connectivity index (χ1) is 13.2. The van der Waals surface area contributed by atoms with Crippen molar-refractivity contribution in [3.8, 4) is 11.1 Å². The van der Waals surface area contributed by atoms with Crippen LogP contribution in [0.4, 0.5) is 11.5 Å². The lowest BCUT2D eigenvalue weighted by Crippen LogP contribution is -2.20. The molecule has 1 fully saturated rings. The number of hydrogen-bond acceptors (Lipinski definition) is 5. The van der Waals surface area contributed by atoms with E-state index in [2.05, 4.69) is 10.3 Å². The number of benzene rings is 1. The summed E-state index contributed by atoms with van der Waals surface area (Å²) < 4.78 is 7.41. The number of aromatic carboxylic acids is 1. The van der Waals surface area contributed by atoms with Crippen molar-refractivity contribution in [2.24, 2.45) is 0 Å². The lowest BCUT2D eigenvalue weighted by molar-refractivity contribution is 0.0663. The number of carbonyl (C=O) groups is 1. The highest BCUT2D eigenvalue weighted by Crippen LogP contribution is 2.32. The van der Waals surface area contributed by atoms with E-state index in [4.69, 9.17) is 9.84 Å². The number of rotatable bonds is 5. The number of ether oxygens (including phenoxy) is 1. The Bertz CT molecular complexity index is 933. The molecule has 0 atom stereocenters. The molecular weight excluding hydrogens is 344 g/mol. The van der Waals surface area contributed by atoms with E-state index in [1.54, 1.807) is 0 Å². The average molecular weight is 364 g/mol. The maximum atomic E-state index is 11.5. The molecule has 2 N–H and O–H groups in total. The molecule has 138 valence electrons. The van der Waals surface area contributed by atoms with Crippen LogP contribution in [0.2, 0.25) is 0 Å². The van der Waals surface area contributed by atoms with Gasteiger partial charge in [-0.3, -0.25) is 9.67 Å². The molecule has 7 heteroatoms. The van der Waals surface area contributed by atoms with Crippen molar-refractivity contribution in [1.29, 1.82) is 0 Å². The Balaban J connectivity index is 1.74. The zero-order valence-electron chi connectivity index (χ0n) is 14.7. The summed E-state index contributed by atoms with van der Waals surface area (Å²) in [4.78, 5) is 15.6. The molecular formula is C20H20N4O3. The van der Waals surface area contributed by atoms with E-state index in [1.807, 2.05) is 41.2 Å². The van der Waals surface area contributed by atoms with E-state index >= 15 is 0 Å². The van der Waals surface area contributed by atoms with Crippen LogP contribution < -0.4 is 5.32 Å². The predicted octanol–water partition coefficient (Wildman–Crippen LogP) is 3.74. The second-order valence-electron chi connectivity index (χ2n) is 6.43. The van der Waals surface area contributed by atoms with E-state index in [-0.39, 0.29) is 11.6 Å². The third kappa shape index (κ3) is 3.68. The molecule has 1 aliphatic rings. The number of carboxylic acid groups (broad SMARTS) is 1. The number of hydrogen-bond donors (Lipinski definition) is 2. The zero-order chi connectivity index (χ0) is 18.6. The van der Waals surface area contributed by atoms with Crippen molar-refractivity contribution in [3.63, 3.8) is 0 Å². The smallest absolute Gasteiger partial charge is 0.337 e. The van der Waals surface area contributed by atoms with Crippen LogP contribution in [-0.4, -0.2) is 39.1 Å². The Morgan fingerprint density at radius 2 is 1.96 bits per heavy atom. The van der Waals surface area contributed by atoms with Crippen molar-refractivity contribution >= 4 is 17.5 Å². The number of aromatic nitrogens is 3. The summed E-state index contributed by atoms with van der Waals surface area (Å²) in [5.41, 5.74) is 2.50. The van der Waals surface area contributed by atoms with Gasteiger partial charge in [0.1, 0.15) is 0 Å². The first-order valence-corrected chi connectivity index (χ1v) is 8.89. The summed E-state index contributed by atoms with van der Waals surface area (Å²) in [6.45, 7) is 1.44. The Labute approximate surface area is 156 Å². The Morgan fingerprint density at radius 1 is 1.19 bits per heavy atom. The quantitative estimate of drug-likeness (QED) is 0.717. The molecule has 0 unspecified atom stereocenters. The zero-order valence-corrected chi connectivity index (χ0v) is 14.7. The Morgan fingerprint density at radius 3 is 2.70 bits per heavy atom. The number of carboxylic acids is 1. The summed E-state index contributed by atoms with van der Waals surface area (Å²) in [6.07, 6.45) is 6.80. The molecule has 7 nitrogen and oxygen atoms in total. The van der Waals surface area contributed by atoms with Gasteiger partial charge < -0.3 is 15.2 Å². The van der Waals surface area contributed by atoms with Crippen molar-refractivity contribution in [2.75, 3.05) is 18.5 Å². The van der Waals surface area contributed by atoms with Crippen molar-refractivity contribution in [2.45, 2.75) is 18.9 Å². The summed E-state index contributed by atoms with van der Waals surface area (Å²) in [6, 6.07) is 11.7. The topological polar surface area (TPSA) is 89.3 Å². The van der Waals surface area contributed by atoms with Crippen LogP contribution in [0.5, 0.6) is 0 Å². The molecule has 4 rings (SSSR count). The van der Waals surface area contributed by atoms with Gasteiger partial charge in [0.05, 0.1) is 23.5 Å². The first-order valence-electron chi connectivity index (χ1n) is 8.89. The molecule has 3 heterocycles. The van der Waals surface area contributed by atoms with Crippen LogP contribution in [0.3, 0.4) is 0 Å². The van der Waals surface area contributed by atoms with Gasteiger partial charge in [0, 0.05) is 31.2 Å². The lowest BCUT2D eigenvalue weighted by Gasteiger charge is -2.22. The standard InChI is InChI=1S/C20H20N4O3/c25-20(26)16-6-9-21-12-18(16)22-19-17(14-4-2-1-3-5-14)13-24(23-19)15-7-10-27-11-8-15/h1-6,9,12-13,15H,7-8,10-11H2,(H,22,23)(H,25,26). The molecule has 27 heavy (non-hydrogen) atoms. The Kier molecular flexibility index (Phi) is 4.84. The van der Waals surface area contributed by atoms with Crippen LogP contribution in [0.25, 0.3) is 11.1 Å². The van der Waals surface area contributed by atoms with E-state index in [9.17, 15) is 9.90 Å². The van der Waals surface area contributed by atoms with Crippen molar-refractivity contribution < 1.29 is 14.6 Å². The molecule has 0 radical (unpaired) electrons. The van der Waals surface area contributed by atoms with Crippen LogP contribution in [0.15, 0.2) is 55.0 Å². The molecule has 0 bridgehead atoms. The van der Waals surface area contributed by atoms with Crippen LogP contribution >= 0.6 is 0 Å². The van der Waals surface area contributed by atoms with Crippen LogP contribution in [0, 0.1) is 0 Å². The normalized spacial score (nSPS) is 14.8. The highest BCUT2D eigenvalue weighted by Gasteiger charge is 2.21. The predicted molar refractivity (Wildman–Crippen MR) is 101 cm³/mol. The maximum absolute atomic E-state index is 11.5. The van der Waals surface area contributed by atoms with Crippen molar-refractivity contribution in [1.82, 2.24) is 14.8 Å². The van der Waals surface area contributed by atoms with Gasteiger partial charge in [-0.1, -0.05) is 30.3 Å². The summed E-state index contributed by atoms with van der Waals surface area (Å²) in [5, 5.41) is 17.3. The number of anilines is 2. The highest BCUT2D eigenvalue weighted by molar-refractivity contribution is 5.95. The van der Waals surface area contributed by atoms with Crippen LogP contribution in [-0.2, 0) is 4.74 Å². The third-order valence-corrected chi connectivity index (χ3v) is 4.69. The summed E-state index contributed by atoms with van der Waals surface area (Å²) in [5.74, 6) is -0.395. The lowest BCUT2D eigenvalue weighted by atomic mass is 10.1. The van der Waals surface area contributed by atoms with Gasteiger partial charge in [-0.15, -0.1) is 0 Å². The van der Waals surface area contributed by atoms with E-state index < -0.39 is 5.97 Å². The molecule has 2 aromatic heterocycles. The SMILES string of the molecule is O=C(O)c1ccncc1Nc1nn(C2CCOCC2)cc1-c1ccccc1. The van der Waals surface area contributed by atoms with Gasteiger partial charge in [0.25, 0.3) is 0 Å². The number of nitrogens with zero attached hydrogens (tertiary/aromatic N) is 3. The molecule has 1 aromatic carbocycles. The van der Waals surface area contributed by atoms with Crippen molar-refractivity contribution in [3.05, 3.63) is 60.6 Å². The molecule has 0 aliphatic carbocycles. The minimum absolute atomic E-state index is 0.157. The fraction of sp³-hybridized carbons (Fsp3) is 0.250. The molecule has 1 saturated heterocycles. The minimum atomic E-state index is -1.01. The van der Waals surface area contributed by atoms with Gasteiger partial charge in [-0.05, 0) is 24.5 Å². The fourth-order valence-electron chi connectivity index (χ4n) is 3.26. The molecule has 0 spiro atoms. The fourth-order valence-corrected chi connectivity index (χ4v) is 3.26. The molecule has 1 aliphatic heterocycles. The molecule has 3 aromatic rings. The van der Waals surface area contributed by atoms with Crippen LogP contribution in [0.1, 0.15) is 29.2 Å². The molecule has 0 saturated carbocycles. The van der Waals surface area contributed by atoms with Gasteiger partial charge in [0.15, 0.2) is 5.82 Å². The number of pyridine rings is 1. The largest absolute Gasteiger partial charge is 0.478 e. The average Bonchev–Trinajstić information content (AvgIpc) is 3.13. The van der Waals surface area contributed by atoms with Gasteiger partial charge in [-0.25, -0.2) is 4.79 Å². The second kappa shape index (κ2) is 7.59. The molecule has 0 amide bonds. The van der Waals surface area contributed by atoms with Gasteiger partial charge in [-0.2, -0.15) is 5.10 Å². The number of nitrogens with one attached hydrogen (secondary N) is 1. The van der Waals surface area contributed by atoms with Gasteiger partial charge >= 0.3 is 5.97 Å². The first kappa shape index (κ1) is 17.2. The third-order valence-electron chi connectivity index (χ3n) is 4.69. The second-order valence-corrected chi connectivity index (χ2v) is 6.43. The van der Waals surface area contributed by atoms with E-state index in [0.29, 0.717) is 11.5 Å². The highest BCUT2D eigenvalue weighted by atomic mass is 16.5. The van der Waals surface area contributed by atoms with E-state index in [1.165, 1.54) is 18.5 Å². The van der Waals surface area contributed by atoms with Gasteiger partial charge in [0.2, 0.25) is 0 Å². The maximum Gasteiger partial charge on any atom is 0.337 e. The monoisotopic (exact) mass is 364 g/mol. The Hall–Kier alpha value is -3.19. The van der Waals surface area contributed by atoms with E-state index in [0.717, 1.165) is 37.2 Å². The summed E-state index contributed by atoms with van der Waals surface area (Å²) >= 11 is 0.